The summed E-state index contributed by atoms with van der Waals surface area (Å²) in [4.78, 5) is 11.7. The summed E-state index contributed by atoms with van der Waals surface area (Å²) in [5.41, 5.74) is 0.351. The summed E-state index contributed by atoms with van der Waals surface area (Å²) >= 11 is 1.88. The maximum atomic E-state index is 11.7. The summed E-state index contributed by atoms with van der Waals surface area (Å²) in [6.45, 7) is 0.0664. The third-order valence-electron chi connectivity index (χ3n) is 1.97. The molecule has 4 nitrogen and oxygen atoms in total. The van der Waals surface area contributed by atoms with E-state index in [9.17, 15) is 4.79 Å². The van der Waals surface area contributed by atoms with E-state index < -0.39 is 5.97 Å². The Kier molecular flexibility index (Phi) is 5.63. The van der Waals surface area contributed by atoms with Crippen molar-refractivity contribution in [3.8, 4) is 21.3 Å². The molecule has 0 aromatic heterocycles. The molecule has 0 saturated heterocycles. The van der Waals surface area contributed by atoms with Crippen molar-refractivity contribution in [2.75, 3.05) is 20.8 Å². The lowest BCUT2D eigenvalue weighted by atomic mass is 10.2. The van der Waals surface area contributed by atoms with Crippen molar-refractivity contribution in [3.05, 3.63) is 23.8 Å². The molecule has 0 fully saturated rings. The number of carbonyl (C=O) groups excluding carboxylic acids is 1. The van der Waals surface area contributed by atoms with Gasteiger partial charge in [-0.2, -0.15) is 0 Å². The van der Waals surface area contributed by atoms with Crippen molar-refractivity contribution >= 4 is 28.6 Å². The van der Waals surface area contributed by atoms with Crippen molar-refractivity contribution in [3.63, 3.8) is 0 Å². The van der Waals surface area contributed by atoms with Crippen LogP contribution in [0.3, 0.4) is 0 Å². The Hall–Kier alpha value is -1.42. The van der Waals surface area contributed by atoms with Gasteiger partial charge in [-0.25, -0.2) is 4.79 Å². The Morgan fingerprint density at radius 3 is 2.71 bits per heavy atom. The van der Waals surface area contributed by atoms with Gasteiger partial charge in [0.05, 0.1) is 14.2 Å². The van der Waals surface area contributed by atoms with Gasteiger partial charge in [0, 0.05) is 28.7 Å². The van der Waals surface area contributed by atoms with Gasteiger partial charge in [-0.15, -0.1) is 0 Å². The van der Waals surface area contributed by atoms with Gasteiger partial charge in [-0.05, 0) is 16.1 Å². The van der Waals surface area contributed by atoms with Crippen LogP contribution in [0.5, 0.6) is 11.5 Å². The molecule has 0 radical (unpaired) electrons. The van der Waals surface area contributed by atoms with Gasteiger partial charge in [0.15, 0.2) is 6.61 Å². The molecule has 0 atom stereocenters. The normalized spacial score (nSPS) is 8.88. The average molecular weight is 346 g/mol. The SMILES string of the molecule is COc1ccc(C(=O)OCC#CI)c(OC)c1. The number of halogens is 1. The zero-order valence-electron chi connectivity index (χ0n) is 9.45. The zero-order valence-corrected chi connectivity index (χ0v) is 11.6. The molecule has 0 amide bonds. The third kappa shape index (κ3) is 3.82. The van der Waals surface area contributed by atoms with Crippen LogP contribution in [-0.2, 0) is 4.74 Å². The number of benzene rings is 1. The quantitative estimate of drug-likeness (QED) is 0.477. The molecular weight excluding hydrogens is 335 g/mol. The minimum atomic E-state index is -0.469. The summed E-state index contributed by atoms with van der Waals surface area (Å²) in [6.07, 6.45) is 0. The molecule has 90 valence electrons. The zero-order chi connectivity index (χ0) is 12.7. The van der Waals surface area contributed by atoms with Crippen LogP contribution < -0.4 is 9.47 Å². The largest absolute Gasteiger partial charge is 0.497 e. The van der Waals surface area contributed by atoms with Crippen molar-refractivity contribution in [1.29, 1.82) is 0 Å². The van der Waals surface area contributed by atoms with E-state index in [2.05, 4.69) is 9.85 Å². The van der Waals surface area contributed by atoms with Gasteiger partial charge in [0.1, 0.15) is 17.1 Å². The first-order valence-electron chi connectivity index (χ1n) is 4.70. The van der Waals surface area contributed by atoms with Crippen molar-refractivity contribution in [2.45, 2.75) is 0 Å². The average Bonchev–Trinajstić information content (AvgIpc) is 2.38. The number of hydrogen-bond acceptors (Lipinski definition) is 4. The summed E-state index contributed by atoms with van der Waals surface area (Å²) in [5.74, 6) is 3.20. The highest BCUT2D eigenvalue weighted by Gasteiger charge is 2.14. The third-order valence-corrected chi connectivity index (χ3v) is 2.35. The molecule has 1 aromatic rings. The molecule has 1 rings (SSSR count). The van der Waals surface area contributed by atoms with Crippen LogP contribution in [0.1, 0.15) is 10.4 Å². The fourth-order valence-electron chi connectivity index (χ4n) is 1.17. The molecule has 0 aliphatic rings. The van der Waals surface area contributed by atoms with Gasteiger partial charge >= 0.3 is 5.97 Å². The topological polar surface area (TPSA) is 44.8 Å². The molecule has 0 spiro atoms. The van der Waals surface area contributed by atoms with E-state index in [1.54, 1.807) is 25.3 Å². The first-order chi connectivity index (χ1) is 8.22. The fraction of sp³-hybridized carbons (Fsp3) is 0.250. The van der Waals surface area contributed by atoms with E-state index in [0.29, 0.717) is 17.1 Å². The number of methoxy groups -OCH3 is 2. The van der Waals surface area contributed by atoms with E-state index in [4.69, 9.17) is 14.2 Å². The summed E-state index contributed by atoms with van der Waals surface area (Å²) in [6, 6.07) is 4.89. The highest BCUT2D eigenvalue weighted by Crippen LogP contribution is 2.25. The van der Waals surface area contributed by atoms with E-state index in [1.807, 2.05) is 22.6 Å². The molecule has 1 aromatic carbocycles. The van der Waals surface area contributed by atoms with Gasteiger partial charge in [-0.3, -0.25) is 0 Å². The van der Waals surface area contributed by atoms with Crippen LogP contribution in [0.15, 0.2) is 18.2 Å². The second-order valence-electron chi connectivity index (χ2n) is 2.91. The van der Waals surface area contributed by atoms with Gasteiger partial charge < -0.3 is 14.2 Å². The Morgan fingerprint density at radius 1 is 1.35 bits per heavy atom. The highest BCUT2D eigenvalue weighted by atomic mass is 127. The number of ether oxygens (including phenoxy) is 3. The van der Waals surface area contributed by atoms with Crippen LogP contribution >= 0.6 is 22.6 Å². The van der Waals surface area contributed by atoms with Gasteiger partial charge in [-0.1, -0.05) is 5.92 Å². The Morgan fingerprint density at radius 2 is 2.12 bits per heavy atom. The minimum absolute atomic E-state index is 0.0664. The molecular formula is C12H11IO4. The van der Waals surface area contributed by atoms with Gasteiger partial charge in [0.2, 0.25) is 0 Å². The molecule has 0 heterocycles. The van der Waals surface area contributed by atoms with Crippen LogP contribution in [0.4, 0.5) is 0 Å². The first kappa shape index (κ1) is 13.6. The fourth-order valence-corrected chi connectivity index (χ4v) is 1.33. The number of carbonyl (C=O) groups is 1. The maximum absolute atomic E-state index is 11.7. The highest BCUT2D eigenvalue weighted by molar-refractivity contribution is 14.1. The molecule has 0 unspecified atom stereocenters. The Labute approximate surface area is 113 Å². The second-order valence-corrected chi connectivity index (χ2v) is 3.45. The standard InChI is InChI=1S/C12H11IO4/c1-15-9-4-5-10(11(8-9)16-2)12(14)17-7-3-6-13/h4-5,8H,7H2,1-2H3. The van der Waals surface area contributed by atoms with Crippen LogP contribution in [-0.4, -0.2) is 26.8 Å². The number of rotatable bonds is 4. The predicted molar refractivity (Wildman–Crippen MR) is 71.6 cm³/mol. The smallest absolute Gasteiger partial charge is 0.342 e. The number of esters is 1. The predicted octanol–water partition coefficient (Wildman–Crippen LogP) is 2.26. The molecule has 5 heteroatoms. The Balaban J connectivity index is 2.87. The first-order valence-corrected chi connectivity index (χ1v) is 5.78. The molecule has 0 aliphatic heterocycles. The molecule has 17 heavy (non-hydrogen) atoms. The summed E-state index contributed by atoms with van der Waals surface area (Å²) in [5, 5.41) is 0. The van der Waals surface area contributed by atoms with E-state index in [0.717, 1.165) is 0 Å². The lowest BCUT2D eigenvalue weighted by Gasteiger charge is -2.08. The lowest BCUT2D eigenvalue weighted by molar-refractivity contribution is 0.0553. The monoisotopic (exact) mass is 346 g/mol. The summed E-state index contributed by atoms with van der Waals surface area (Å²) in [7, 11) is 3.03. The minimum Gasteiger partial charge on any atom is -0.497 e. The lowest BCUT2D eigenvalue weighted by Crippen LogP contribution is -2.07. The summed E-state index contributed by atoms with van der Waals surface area (Å²) < 4.78 is 17.7. The molecule has 0 bridgehead atoms. The van der Waals surface area contributed by atoms with E-state index in [1.165, 1.54) is 7.11 Å². The van der Waals surface area contributed by atoms with Crippen molar-refractivity contribution in [2.24, 2.45) is 0 Å². The van der Waals surface area contributed by atoms with Crippen molar-refractivity contribution < 1.29 is 19.0 Å². The maximum Gasteiger partial charge on any atom is 0.342 e. The van der Waals surface area contributed by atoms with E-state index in [-0.39, 0.29) is 6.61 Å². The number of hydrogen-bond donors (Lipinski definition) is 0. The second kappa shape index (κ2) is 7.01. The Bertz CT molecular complexity index is 459. The van der Waals surface area contributed by atoms with Crippen LogP contribution in [0.25, 0.3) is 0 Å². The molecule has 0 saturated carbocycles. The molecule has 0 aliphatic carbocycles. The van der Waals surface area contributed by atoms with Crippen molar-refractivity contribution in [1.82, 2.24) is 0 Å². The molecule has 0 N–H and O–H groups in total. The van der Waals surface area contributed by atoms with Crippen LogP contribution in [0.2, 0.25) is 0 Å². The van der Waals surface area contributed by atoms with Gasteiger partial charge in [0.25, 0.3) is 0 Å². The van der Waals surface area contributed by atoms with E-state index >= 15 is 0 Å². The van der Waals surface area contributed by atoms with Crippen LogP contribution in [0, 0.1) is 9.85 Å².